The van der Waals surface area contributed by atoms with Gasteiger partial charge < -0.3 is 25.4 Å². The van der Waals surface area contributed by atoms with Crippen molar-refractivity contribution in [3.63, 3.8) is 0 Å². The Morgan fingerprint density at radius 1 is 1.10 bits per heavy atom. The highest BCUT2D eigenvalue weighted by molar-refractivity contribution is 5.79. The van der Waals surface area contributed by atoms with Crippen LogP contribution in [0.4, 0.5) is 0 Å². The molecule has 1 atom stereocenters. The molecule has 6 nitrogen and oxygen atoms in total. The summed E-state index contributed by atoms with van der Waals surface area (Å²) in [7, 11) is 3.49. The first kappa shape index (κ1) is 22.1. The lowest BCUT2D eigenvalue weighted by atomic mass is 9.88. The van der Waals surface area contributed by atoms with Crippen LogP contribution in [0.15, 0.2) is 59.6 Å². The van der Waals surface area contributed by atoms with Gasteiger partial charge in [0, 0.05) is 44.9 Å². The molecule has 3 rings (SSSR count). The Morgan fingerprint density at radius 3 is 2.57 bits per heavy atom. The molecule has 0 aliphatic carbocycles. The molecule has 0 aromatic heterocycles. The summed E-state index contributed by atoms with van der Waals surface area (Å²) in [5.74, 6) is 1.65. The number of guanidine groups is 1. The lowest BCUT2D eigenvalue weighted by Crippen LogP contribution is -2.58. The highest BCUT2D eigenvalue weighted by atomic mass is 16.5. The van der Waals surface area contributed by atoms with Crippen LogP contribution in [0.5, 0.6) is 5.75 Å². The molecule has 162 valence electrons. The Hall–Kier alpha value is -2.57. The van der Waals surface area contributed by atoms with Crippen LogP contribution < -0.4 is 20.7 Å². The van der Waals surface area contributed by atoms with Crippen molar-refractivity contribution in [3.8, 4) is 5.75 Å². The molecule has 1 heterocycles. The zero-order chi connectivity index (χ0) is 21.2. The summed E-state index contributed by atoms with van der Waals surface area (Å²) < 4.78 is 11.0. The number of rotatable bonds is 8. The van der Waals surface area contributed by atoms with E-state index in [4.69, 9.17) is 9.47 Å². The van der Waals surface area contributed by atoms with Crippen LogP contribution in [-0.2, 0) is 11.3 Å². The van der Waals surface area contributed by atoms with E-state index in [9.17, 15) is 0 Å². The first-order valence-electron chi connectivity index (χ1n) is 10.6. The van der Waals surface area contributed by atoms with Crippen molar-refractivity contribution in [1.82, 2.24) is 16.0 Å². The second-order valence-electron chi connectivity index (χ2n) is 7.80. The molecule has 6 heteroatoms. The van der Waals surface area contributed by atoms with Gasteiger partial charge in [-0.05, 0) is 43.0 Å². The minimum atomic E-state index is -0.0406. The van der Waals surface area contributed by atoms with Gasteiger partial charge in [0.15, 0.2) is 5.96 Å². The molecule has 0 radical (unpaired) electrons. The second-order valence-corrected chi connectivity index (χ2v) is 7.80. The van der Waals surface area contributed by atoms with Gasteiger partial charge >= 0.3 is 0 Å². The first-order chi connectivity index (χ1) is 14.6. The molecule has 1 fully saturated rings. The molecule has 2 aromatic rings. The van der Waals surface area contributed by atoms with E-state index < -0.39 is 0 Å². The summed E-state index contributed by atoms with van der Waals surface area (Å²) in [6.07, 6.45) is 1.92. The summed E-state index contributed by atoms with van der Waals surface area (Å²) in [6, 6.07) is 18.9. The number of methoxy groups -OCH3 is 1. The monoisotopic (exact) mass is 410 g/mol. The number of ether oxygens (including phenoxy) is 2. The van der Waals surface area contributed by atoms with E-state index in [2.05, 4.69) is 64.3 Å². The minimum absolute atomic E-state index is 0.0406. The van der Waals surface area contributed by atoms with Crippen molar-refractivity contribution in [2.24, 2.45) is 4.99 Å². The predicted molar refractivity (Wildman–Crippen MR) is 122 cm³/mol. The van der Waals surface area contributed by atoms with E-state index in [1.54, 1.807) is 14.2 Å². The molecule has 1 saturated heterocycles. The fraction of sp³-hybridized carbons (Fsp3) is 0.458. The van der Waals surface area contributed by atoms with Gasteiger partial charge in [-0.1, -0.05) is 42.5 Å². The molecule has 30 heavy (non-hydrogen) atoms. The summed E-state index contributed by atoms with van der Waals surface area (Å²) >= 11 is 0. The first-order valence-corrected chi connectivity index (χ1v) is 10.6. The van der Waals surface area contributed by atoms with Crippen LogP contribution in [0.3, 0.4) is 0 Å². The summed E-state index contributed by atoms with van der Waals surface area (Å²) in [5.41, 5.74) is 2.40. The van der Waals surface area contributed by atoms with Gasteiger partial charge in [0.25, 0.3) is 0 Å². The number of hydrogen-bond acceptors (Lipinski definition) is 4. The van der Waals surface area contributed by atoms with Crippen molar-refractivity contribution in [2.75, 3.05) is 33.9 Å². The fourth-order valence-corrected chi connectivity index (χ4v) is 3.86. The maximum absolute atomic E-state index is 5.65. The third-order valence-corrected chi connectivity index (χ3v) is 5.68. The van der Waals surface area contributed by atoms with E-state index in [1.807, 2.05) is 18.2 Å². The Morgan fingerprint density at radius 2 is 1.87 bits per heavy atom. The minimum Gasteiger partial charge on any atom is -0.497 e. The van der Waals surface area contributed by atoms with Gasteiger partial charge in [-0.25, -0.2) is 0 Å². The summed E-state index contributed by atoms with van der Waals surface area (Å²) in [4.78, 5) is 4.40. The molecule has 1 aliphatic rings. The van der Waals surface area contributed by atoms with Gasteiger partial charge in [-0.15, -0.1) is 0 Å². The summed E-state index contributed by atoms with van der Waals surface area (Å²) in [5, 5.41) is 10.8. The van der Waals surface area contributed by atoms with Crippen molar-refractivity contribution in [2.45, 2.75) is 37.9 Å². The molecule has 1 aliphatic heterocycles. The van der Waals surface area contributed by atoms with Gasteiger partial charge in [0.05, 0.1) is 7.11 Å². The van der Waals surface area contributed by atoms with Crippen LogP contribution in [0.25, 0.3) is 0 Å². The molecular weight excluding hydrogens is 376 g/mol. The molecule has 2 aromatic carbocycles. The average Bonchev–Trinajstić information content (AvgIpc) is 2.80. The van der Waals surface area contributed by atoms with Gasteiger partial charge in [0.1, 0.15) is 5.75 Å². The van der Waals surface area contributed by atoms with E-state index in [-0.39, 0.29) is 11.6 Å². The lowest BCUT2D eigenvalue weighted by molar-refractivity contribution is 0.0355. The molecule has 0 bridgehead atoms. The SMILES string of the molecule is CN=C(NCc1cccc(OC)c1)NCC1(NC(C)c2ccccc2)CCOCC1. The molecular formula is C24H34N4O2. The zero-order valence-corrected chi connectivity index (χ0v) is 18.3. The quantitative estimate of drug-likeness (QED) is 0.460. The second kappa shape index (κ2) is 11.0. The largest absolute Gasteiger partial charge is 0.497 e. The average molecular weight is 411 g/mol. The fourth-order valence-electron chi connectivity index (χ4n) is 3.86. The van der Waals surface area contributed by atoms with Crippen molar-refractivity contribution >= 4 is 5.96 Å². The van der Waals surface area contributed by atoms with Gasteiger partial charge in [-0.3, -0.25) is 4.99 Å². The Kier molecular flexibility index (Phi) is 8.11. The standard InChI is InChI=1S/C24H34N4O2/c1-19(21-9-5-4-6-10-21)28-24(12-14-30-15-13-24)18-27-23(25-2)26-17-20-8-7-11-22(16-20)29-3/h4-11,16,19,28H,12-15,17-18H2,1-3H3,(H2,25,26,27). The molecule has 3 N–H and O–H groups in total. The number of nitrogens with zero attached hydrogens (tertiary/aromatic N) is 1. The van der Waals surface area contributed by atoms with Crippen molar-refractivity contribution < 1.29 is 9.47 Å². The molecule has 0 spiro atoms. The van der Waals surface area contributed by atoms with E-state index in [0.29, 0.717) is 6.54 Å². The van der Waals surface area contributed by atoms with E-state index >= 15 is 0 Å². The van der Waals surface area contributed by atoms with Crippen LogP contribution in [0, 0.1) is 0 Å². The Labute approximate surface area is 180 Å². The van der Waals surface area contributed by atoms with Crippen LogP contribution >= 0.6 is 0 Å². The third kappa shape index (κ3) is 6.21. The number of nitrogens with one attached hydrogen (secondary N) is 3. The molecule has 0 saturated carbocycles. The van der Waals surface area contributed by atoms with Crippen LogP contribution in [0.2, 0.25) is 0 Å². The van der Waals surface area contributed by atoms with Gasteiger partial charge in [-0.2, -0.15) is 0 Å². The predicted octanol–water partition coefficient (Wildman–Crippen LogP) is 3.26. The van der Waals surface area contributed by atoms with E-state index in [1.165, 1.54) is 5.56 Å². The maximum Gasteiger partial charge on any atom is 0.191 e. The topological polar surface area (TPSA) is 66.9 Å². The Balaban J connectivity index is 1.59. The van der Waals surface area contributed by atoms with Crippen LogP contribution in [-0.4, -0.2) is 45.4 Å². The van der Waals surface area contributed by atoms with E-state index in [0.717, 1.165) is 49.9 Å². The molecule has 1 unspecified atom stereocenters. The van der Waals surface area contributed by atoms with Crippen molar-refractivity contribution in [1.29, 1.82) is 0 Å². The maximum atomic E-state index is 5.65. The third-order valence-electron chi connectivity index (χ3n) is 5.68. The smallest absolute Gasteiger partial charge is 0.191 e. The number of hydrogen-bond donors (Lipinski definition) is 3. The number of benzene rings is 2. The van der Waals surface area contributed by atoms with Crippen LogP contribution in [0.1, 0.15) is 36.9 Å². The highest BCUT2D eigenvalue weighted by Gasteiger charge is 2.34. The molecule has 0 amide bonds. The lowest BCUT2D eigenvalue weighted by Gasteiger charge is -2.41. The number of aliphatic imine (C=N–C) groups is 1. The normalized spacial score (nSPS) is 17.2. The zero-order valence-electron chi connectivity index (χ0n) is 18.3. The Bertz CT molecular complexity index is 804. The summed E-state index contributed by atoms with van der Waals surface area (Å²) in [6.45, 7) is 5.23. The highest BCUT2D eigenvalue weighted by Crippen LogP contribution is 2.25. The van der Waals surface area contributed by atoms with Gasteiger partial charge in [0.2, 0.25) is 0 Å². The van der Waals surface area contributed by atoms with Crippen molar-refractivity contribution in [3.05, 3.63) is 65.7 Å².